The molecule has 2 N–H and O–H groups in total. The molecule has 2 aromatic carbocycles. The second-order valence-corrected chi connectivity index (χ2v) is 6.73. The number of aromatic amines is 1. The number of H-pyrrole nitrogens is 1. The molecule has 0 radical (unpaired) electrons. The minimum absolute atomic E-state index is 0.226. The minimum Gasteiger partial charge on any atom is -0.388 e. The molecule has 0 aliphatic carbocycles. The number of aliphatic hydroxyl groups is 1. The van der Waals surface area contributed by atoms with Crippen LogP contribution in [-0.2, 0) is 19.4 Å². The first kappa shape index (κ1) is 19.5. The minimum atomic E-state index is -0.293. The van der Waals surface area contributed by atoms with Crippen molar-refractivity contribution in [2.24, 2.45) is 0 Å². The van der Waals surface area contributed by atoms with Crippen LogP contribution in [0.25, 0.3) is 11.1 Å². The molecule has 0 amide bonds. The lowest BCUT2D eigenvalue weighted by Crippen LogP contribution is -2.21. The summed E-state index contributed by atoms with van der Waals surface area (Å²) in [5.74, 6) is 0.289. The lowest BCUT2D eigenvalue weighted by Gasteiger charge is -2.11. The molecule has 5 nitrogen and oxygen atoms in total. The van der Waals surface area contributed by atoms with E-state index in [1.165, 1.54) is 0 Å². The maximum atomic E-state index is 12.6. The summed E-state index contributed by atoms with van der Waals surface area (Å²) < 4.78 is 0. The molecule has 3 rings (SSSR count). The SMILES string of the molecule is CCCCc1nc(CO)[nH]c(=O)c1Cc1ccc(-c2ccccc2)c(C#N)c1. The van der Waals surface area contributed by atoms with Crippen LogP contribution in [-0.4, -0.2) is 15.1 Å². The van der Waals surface area contributed by atoms with Crippen molar-refractivity contribution < 1.29 is 5.11 Å². The Balaban J connectivity index is 1.98. The first-order chi connectivity index (χ1) is 13.7. The van der Waals surface area contributed by atoms with E-state index in [-0.39, 0.29) is 18.0 Å². The molecule has 0 bridgehead atoms. The highest BCUT2D eigenvalue weighted by molar-refractivity contribution is 5.71. The predicted octanol–water partition coefficient (Wildman–Crippen LogP) is 3.73. The third-order valence-electron chi connectivity index (χ3n) is 4.74. The molecule has 0 saturated carbocycles. The molecule has 0 aliphatic heterocycles. The van der Waals surface area contributed by atoms with E-state index < -0.39 is 0 Å². The van der Waals surface area contributed by atoms with Crippen LogP contribution in [0, 0.1) is 11.3 Å². The fraction of sp³-hybridized carbons (Fsp3) is 0.261. The third kappa shape index (κ3) is 4.36. The average Bonchev–Trinajstić information content (AvgIpc) is 2.74. The topological polar surface area (TPSA) is 89.8 Å². The van der Waals surface area contributed by atoms with Gasteiger partial charge in [0.05, 0.1) is 17.3 Å². The van der Waals surface area contributed by atoms with E-state index in [0.29, 0.717) is 24.0 Å². The number of aliphatic hydroxyl groups excluding tert-OH is 1. The highest BCUT2D eigenvalue weighted by Crippen LogP contribution is 2.25. The molecule has 5 heteroatoms. The van der Waals surface area contributed by atoms with Crippen LogP contribution in [0.1, 0.15) is 48.0 Å². The van der Waals surface area contributed by atoms with Crippen LogP contribution in [0.15, 0.2) is 53.3 Å². The van der Waals surface area contributed by atoms with E-state index in [1.807, 2.05) is 48.5 Å². The molecule has 0 saturated heterocycles. The van der Waals surface area contributed by atoms with E-state index in [9.17, 15) is 15.2 Å². The summed E-state index contributed by atoms with van der Waals surface area (Å²) in [4.78, 5) is 19.6. The molecular formula is C23H23N3O2. The predicted molar refractivity (Wildman–Crippen MR) is 109 cm³/mol. The van der Waals surface area contributed by atoms with Crippen molar-refractivity contribution in [3.8, 4) is 17.2 Å². The van der Waals surface area contributed by atoms with Gasteiger partial charge in [0.15, 0.2) is 0 Å². The highest BCUT2D eigenvalue weighted by Gasteiger charge is 2.13. The third-order valence-corrected chi connectivity index (χ3v) is 4.74. The van der Waals surface area contributed by atoms with Gasteiger partial charge in [0.1, 0.15) is 12.4 Å². The first-order valence-corrected chi connectivity index (χ1v) is 9.46. The van der Waals surface area contributed by atoms with Crippen molar-refractivity contribution in [1.29, 1.82) is 5.26 Å². The Hall–Kier alpha value is -3.23. The Labute approximate surface area is 164 Å². The number of rotatable bonds is 7. The molecule has 0 fully saturated rings. The number of nitrogens with zero attached hydrogens (tertiary/aromatic N) is 2. The molecular weight excluding hydrogens is 350 g/mol. The first-order valence-electron chi connectivity index (χ1n) is 9.46. The van der Waals surface area contributed by atoms with Crippen molar-refractivity contribution in [2.45, 2.75) is 39.2 Å². The van der Waals surface area contributed by atoms with Crippen molar-refractivity contribution in [3.05, 3.63) is 87.1 Å². The van der Waals surface area contributed by atoms with Gasteiger partial charge in [-0.15, -0.1) is 0 Å². The van der Waals surface area contributed by atoms with Gasteiger partial charge in [0, 0.05) is 12.0 Å². The van der Waals surface area contributed by atoms with Gasteiger partial charge in [-0.05, 0) is 35.6 Å². The summed E-state index contributed by atoms with van der Waals surface area (Å²) in [7, 11) is 0. The van der Waals surface area contributed by atoms with Gasteiger partial charge >= 0.3 is 0 Å². The van der Waals surface area contributed by atoms with E-state index in [4.69, 9.17) is 0 Å². The number of hydrogen-bond donors (Lipinski definition) is 2. The van der Waals surface area contributed by atoms with Crippen molar-refractivity contribution in [2.75, 3.05) is 0 Å². The van der Waals surface area contributed by atoms with Crippen molar-refractivity contribution >= 4 is 0 Å². The van der Waals surface area contributed by atoms with Gasteiger partial charge in [-0.2, -0.15) is 5.26 Å². The lowest BCUT2D eigenvalue weighted by atomic mass is 9.95. The van der Waals surface area contributed by atoms with Gasteiger partial charge in [-0.3, -0.25) is 4.79 Å². The summed E-state index contributed by atoms with van der Waals surface area (Å²) in [6.45, 7) is 1.79. The zero-order valence-electron chi connectivity index (χ0n) is 15.9. The number of nitriles is 1. The quantitative estimate of drug-likeness (QED) is 0.660. The van der Waals surface area contributed by atoms with Gasteiger partial charge < -0.3 is 10.1 Å². The standard InChI is InChI=1S/C23H23N3O2/c1-2-3-9-21-20(23(28)26-22(15-27)25-21)13-16-10-11-19(18(12-16)14-24)17-7-5-4-6-8-17/h4-8,10-12,27H,2-3,9,13,15H2,1H3,(H,25,26,28). The molecule has 1 aromatic heterocycles. The van der Waals surface area contributed by atoms with Gasteiger partial charge in [-0.25, -0.2) is 4.98 Å². The van der Waals surface area contributed by atoms with Crippen LogP contribution in [0.2, 0.25) is 0 Å². The Kier molecular flexibility index (Phi) is 6.36. The highest BCUT2D eigenvalue weighted by atomic mass is 16.3. The number of aryl methyl sites for hydroxylation is 1. The van der Waals surface area contributed by atoms with Crippen LogP contribution in [0.3, 0.4) is 0 Å². The number of hydrogen-bond acceptors (Lipinski definition) is 4. The summed E-state index contributed by atoms with van der Waals surface area (Å²) in [6.07, 6.45) is 3.00. The van der Waals surface area contributed by atoms with Gasteiger partial charge in [0.2, 0.25) is 0 Å². The van der Waals surface area contributed by atoms with E-state index in [2.05, 4.69) is 23.0 Å². The van der Waals surface area contributed by atoms with Crippen molar-refractivity contribution in [3.63, 3.8) is 0 Å². The summed E-state index contributed by atoms with van der Waals surface area (Å²) in [5, 5.41) is 18.9. The number of benzene rings is 2. The summed E-state index contributed by atoms with van der Waals surface area (Å²) in [6, 6.07) is 17.8. The fourth-order valence-electron chi connectivity index (χ4n) is 3.27. The Morgan fingerprint density at radius 3 is 2.64 bits per heavy atom. The second kappa shape index (κ2) is 9.12. The summed E-state index contributed by atoms with van der Waals surface area (Å²) >= 11 is 0. The maximum absolute atomic E-state index is 12.6. The lowest BCUT2D eigenvalue weighted by molar-refractivity contribution is 0.270. The molecule has 0 aliphatic rings. The van der Waals surface area contributed by atoms with Crippen LogP contribution in [0.5, 0.6) is 0 Å². The Morgan fingerprint density at radius 1 is 1.18 bits per heavy atom. The monoisotopic (exact) mass is 373 g/mol. The molecule has 0 atom stereocenters. The molecule has 3 aromatic rings. The smallest absolute Gasteiger partial charge is 0.254 e. The molecule has 142 valence electrons. The molecule has 28 heavy (non-hydrogen) atoms. The van der Waals surface area contributed by atoms with E-state index >= 15 is 0 Å². The van der Waals surface area contributed by atoms with Crippen molar-refractivity contribution in [1.82, 2.24) is 9.97 Å². The number of nitrogens with one attached hydrogen (secondary N) is 1. The van der Waals surface area contributed by atoms with Gasteiger partial charge in [-0.1, -0.05) is 55.8 Å². The average molecular weight is 373 g/mol. The van der Waals surface area contributed by atoms with Crippen LogP contribution in [0.4, 0.5) is 0 Å². The van der Waals surface area contributed by atoms with Crippen LogP contribution >= 0.6 is 0 Å². The maximum Gasteiger partial charge on any atom is 0.254 e. The Bertz CT molecular complexity index is 1050. The zero-order chi connectivity index (χ0) is 19.9. The second-order valence-electron chi connectivity index (χ2n) is 6.73. The fourth-order valence-corrected chi connectivity index (χ4v) is 3.27. The molecule has 0 spiro atoms. The molecule has 1 heterocycles. The van der Waals surface area contributed by atoms with Gasteiger partial charge in [0.25, 0.3) is 5.56 Å². The molecule has 0 unspecified atom stereocenters. The Morgan fingerprint density at radius 2 is 1.96 bits per heavy atom. The number of unbranched alkanes of at least 4 members (excludes halogenated alkanes) is 1. The summed E-state index contributed by atoms with van der Waals surface area (Å²) in [5.41, 5.74) is 4.42. The van der Waals surface area contributed by atoms with E-state index in [1.54, 1.807) is 0 Å². The van der Waals surface area contributed by atoms with E-state index in [0.717, 1.165) is 35.2 Å². The number of aromatic nitrogens is 2. The zero-order valence-corrected chi connectivity index (χ0v) is 15.9. The largest absolute Gasteiger partial charge is 0.388 e. The van der Waals surface area contributed by atoms with Crippen LogP contribution < -0.4 is 5.56 Å². The normalized spacial score (nSPS) is 10.6.